The Morgan fingerprint density at radius 3 is 2.22 bits per heavy atom. The molecule has 104 valence electrons. The molecule has 1 heterocycles. The highest BCUT2D eigenvalue weighted by Gasteiger charge is 2.32. The van der Waals surface area contributed by atoms with Gasteiger partial charge in [0, 0.05) is 19.6 Å². The van der Waals surface area contributed by atoms with Gasteiger partial charge in [-0.05, 0) is 27.7 Å². The van der Waals surface area contributed by atoms with Crippen molar-refractivity contribution in [1.82, 2.24) is 9.80 Å². The Morgan fingerprint density at radius 2 is 1.78 bits per heavy atom. The van der Waals surface area contributed by atoms with E-state index in [9.17, 15) is 9.59 Å². The van der Waals surface area contributed by atoms with Gasteiger partial charge in [0.2, 0.25) is 0 Å². The summed E-state index contributed by atoms with van der Waals surface area (Å²) in [5.74, 6) is 0. The van der Waals surface area contributed by atoms with Crippen molar-refractivity contribution in [1.29, 1.82) is 0 Å². The number of amides is 2. The van der Waals surface area contributed by atoms with Crippen LogP contribution in [0.4, 0.5) is 9.59 Å². The second-order valence-electron chi connectivity index (χ2n) is 5.44. The lowest BCUT2D eigenvalue weighted by molar-refractivity contribution is 0.00156. The Kier molecular flexibility index (Phi) is 4.43. The molecule has 6 nitrogen and oxygen atoms in total. The highest BCUT2D eigenvalue weighted by Crippen LogP contribution is 2.15. The minimum absolute atomic E-state index is 0.0762. The first-order valence-corrected chi connectivity index (χ1v) is 6.07. The molecule has 0 saturated carbocycles. The first-order chi connectivity index (χ1) is 8.24. The number of hydrogen-bond donors (Lipinski definition) is 0. The van der Waals surface area contributed by atoms with E-state index in [1.54, 1.807) is 9.80 Å². The summed E-state index contributed by atoms with van der Waals surface area (Å²) in [6.07, 6.45) is -0.690. The van der Waals surface area contributed by atoms with Gasteiger partial charge < -0.3 is 19.3 Å². The lowest BCUT2D eigenvalue weighted by Crippen LogP contribution is -2.56. The van der Waals surface area contributed by atoms with Gasteiger partial charge in [-0.15, -0.1) is 0 Å². The quantitative estimate of drug-likeness (QED) is 0.663. The third-order valence-corrected chi connectivity index (χ3v) is 2.69. The van der Waals surface area contributed by atoms with E-state index in [4.69, 9.17) is 4.74 Å². The third kappa shape index (κ3) is 3.78. The van der Waals surface area contributed by atoms with Crippen LogP contribution in [-0.4, -0.2) is 60.4 Å². The lowest BCUT2D eigenvalue weighted by atomic mass is 10.2. The van der Waals surface area contributed by atoms with Crippen LogP contribution in [0.1, 0.15) is 27.7 Å². The zero-order valence-electron chi connectivity index (χ0n) is 11.7. The highest BCUT2D eigenvalue weighted by atomic mass is 16.6. The zero-order valence-corrected chi connectivity index (χ0v) is 11.7. The second kappa shape index (κ2) is 5.46. The molecule has 1 aliphatic rings. The van der Waals surface area contributed by atoms with Crippen molar-refractivity contribution in [2.75, 3.05) is 26.7 Å². The van der Waals surface area contributed by atoms with Gasteiger partial charge in [0.1, 0.15) is 5.60 Å². The Hall–Kier alpha value is -1.46. The molecule has 1 saturated heterocycles. The molecule has 1 aliphatic heterocycles. The summed E-state index contributed by atoms with van der Waals surface area (Å²) < 4.78 is 9.99. The van der Waals surface area contributed by atoms with Gasteiger partial charge in [-0.3, -0.25) is 0 Å². The predicted molar refractivity (Wildman–Crippen MR) is 66.4 cm³/mol. The molecule has 6 heteroatoms. The van der Waals surface area contributed by atoms with E-state index in [0.717, 1.165) is 0 Å². The maximum atomic E-state index is 11.9. The molecule has 0 N–H and O–H groups in total. The number of hydrogen-bond acceptors (Lipinski definition) is 4. The molecule has 0 bridgehead atoms. The van der Waals surface area contributed by atoms with Crippen molar-refractivity contribution in [2.24, 2.45) is 0 Å². The molecule has 0 aliphatic carbocycles. The molecule has 18 heavy (non-hydrogen) atoms. The van der Waals surface area contributed by atoms with Crippen molar-refractivity contribution in [3.8, 4) is 0 Å². The fourth-order valence-electron chi connectivity index (χ4n) is 1.84. The molecule has 0 spiro atoms. The van der Waals surface area contributed by atoms with E-state index >= 15 is 0 Å². The van der Waals surface area contributed by atoms with Crippen LogP contribution in [0.2, 0.25) is 0 Å². The number of piperazine rings is 1. The molecule has 1 atom stereocenters. The lowest BCUT2D eigenvalue weighted by Gasteiger charge is -2.39. The molecule has 0 aromatic rings. The Bertz CT molecular complexity index is 325. The van der Waals surface area contributed by atoms with Crippen molar-refractivity contribution >= 4 is 12.2 Å². The molecule has 0 radical (unpaired) electrons. The van der Waals surface area contributed by atoms with Gasteiger partial charge in [0.15, 0.2) is 0 Å². The summed E-state index contributed by atoms with van der Waals surface area (Å²) in [5, 5.41) is 0. The van der Waals surface area contributed by atoms with Gasteiger partial charge >= 0.3 is 12.2 Å². The first-order valence-electron chi connectivity index (χ1n) is 6.07. The molecule has 1 unspecified atom stereocenters. The van der Waals surface area contributed by atoms with E-state index in [-0.39, 0.29) is 18.2 Å². The summed E-state index contributed by atoms with van der Waals surface area (Å²) in [6, 6.07) is -0.0762. The standard InChI is InChI=1S/C12H22N2O4/c1-9-8-13(10(15)17-5)6-7-14(9)11(16)18-12(2,3)4/h9H,6-8H2,1-5H3. The van der Waals surface area contributed by atoms with Crippen LogP contribution in [-0.2, 0) is 9.47 Å². The monoisotopic (exact) mass is 258 g/mol. The van der Waals surface area contributed by atoms with Crippen LogP contribution in [0.25, 0.3) is 0 Å². The van der Waals surface area contributed by atoms with E-state index in [0.29, 0.717) is 19.6 Å². The Labute approximate surface area is 108 Å². The molecule has 2 amide bonds. The van der Waals surface area contributed by atoms with Crippen LogP contribution < -0.4 is 0 Å². The van der Waals surface area contributed by atoms with Crippen LogP contribution in [0.15, 0.2) is 0 Å². The third-order valence-electron chi connectivity index (χ3n) is 2.69. The molecular weight excluding hydrogens is 236 g/mol. The molecule has 1 fully saturated rings. The van der Waals surface area contributed by atoms with Gasteiger partial charge in [0.05, 0.1) is 13.2 Å². The normalized spacial score (nSPS) is 20.6. The maximum Gasteiger partial charge on any atom is 0.410 e. The van der Waals surface area contributed by atoms with E-state index in [1.165, 1.54) is 7.11 Å². The van der Waals surface area contributed by atoms with Crippen LogP contribution in [0.3, 0.4) is 0 Å². The van der Waals surface area contributed by atoms with Crippen molar-refractivity contribution in [3.63, 3.8) is 0 Å². The Balaban J connectivity index is 2.57. The van der Waals surface area contributed by atoms with Gasteiger partial charge in [-0.1, -0.05) is 0 Å². The molecule has 1 rings (SSSR count). The highest BCUT2D eigenvalue weighted by molar-refractivity contribution is 5.70. The van der Waals surface area contributed by atoms with E-state index in [2.05, 4.69) is 4.74 Å². The average Bonchev–Trinajstić information content (AvgIpc) is 2.25. The van der Waals surface area contributed by atoms with Crippen LogP contribution in [0.5, 0.6) is 0 Å². The number of methoxy groups -OCH3 is 1. The largest absolute Gasteiger partial charge is 0.453 e. The summed E-state index contributed by atoms with van der Waals surface area (Å²) in [6.45, 7) is 8.78. The maximum absolute atomic E-state index is 11.9. The Morgan fingerprint density at radius 1 is 1.17 bits per heavy atom. The zero-order chi connectivity index (χ0) is 13.9. The van der Waals surface area contributed by atoms with Crippen molar-refractivity contribution in [3.05, 3.63) is 0 Å². The molecular formula is C12H22N2O4. The summed E-state index contributed by atoms with van der Waals surface area (Å²) >= 11 is 0. The van der Waals surface area contributed by atoms with Gasteiger partial charge in [0.25, 0.3) is 0 Å². The van der Waals surface area contributed by atoms with Gasteiger partial charge in [-0.2, -0.15) is 0 Å². The average molecular weight is 258 g/mol. The number of rotatable bonds is 0. The summed E-state index contributed by atoms with van der Waals surface area (Å²) in [4.78, 5) is 26.6. The summed E-state index contributed by atoms with van der Waals surface area (Å²) in [5.41, 5.74) is -0.504. The minimum atomic E-state index is -0.504. The number of ether oxygens (including phenoxy) is 2. The van der Waals surface area contributed by atoms with Crippen molar-refractivity contribution < 1.29 is 19.1 Å². The van der Waals surface area contributed by atoms with E-state index in [1.807, 2.05) is 27.7 Å². The number of carbonyl (C=O) groups is 2. The van der Waals surface area contributed by atoms with Crippen LogP contribution in [0, 0.1) is 0 Å². The predicted octanol–water partition coefficient (Wildman–Crippen LogP) is 1.69. The van der Waals surface area contributed by atoms with E-state index < -0.39 is 5.60 Å². The van der Waals surface area contributed by atoms with Crippen molar-refractivity contribution in [2.45, 2.75) is 39.3 Å². The number of nitrogens with zero attached hydrogens (tertiary/aromatic N) is 2. The smallest absolute Gasteiger partial charge is 0.410 e. The molecule has 0 aromatic heterocycles. The van der Waals surface area contributed by atoms with Crippen LogP contribution >= 0.6 is 0 Å². The molecule has 0 aromatic carbocycles. The minimum Gasteiger partial charge on any atom is -0.453 e. The fraction of sp³-hybridized carbons (Fsp3) is 0.833. The van der Waals surface area contributed by atoms with Gasteiger partial charge in [-0.25, -0.2) is 9.59 Å². The number of carbonyl (C=O) groups excluding carboxylic acids is 2. The fourth-order valence-corrected chi connectivity index (χ4v) is 1.84. The topological polar surface area (TPSA) is 59.1 Å². The first kappa shape index (κ1) is 14.6. The SMILES string of the molecule is COC(=O)N1CCN(C(=O)OC(C)(C)C)C(C)C1. The second-order valence-corrected chi connectivity index (χ2v) is 5.44. The summed E-state index contributed by atoms with van der Waals surface area (Å²) in [7, 11) is 1.35.